The van der Waals surface area contributed by atoms with E-state index in [4.69, 9.17) is 17.0 Å². The fourth-order valence-electron chi connectivity index (χ4n) is 3.41. The summed E-state index contributed by atoms with van der Waals surface area (Å²) >= 11 is 5.61. The van der Waals surface area contributed by atoms with Gasteiger partial charge in [-0.1, -0.05) is 24.3 Å². The van der Waals surface area contributed by atoms with Gasteiger partial charge < -0.3 is 9.64 Å². The van der Waals surface area contributed by atoms with Crippen LogP contribution in [0, 0.1) is 0 Å². The number of thiocarbonyl (C=S) groups is 1. The topological polar surface area (TPSA) is 32.8 Å². The van der Waals surface area contributed by atoms with Gasteiger partial charge in [-0.2, -0.15) is 0 Å². The number of hydrogen-bond acceptors (Lipinski definition) is 3. The van der Waals surface area contributed by atoms with Crippen molar-refractivity contribution in [3.05, 3.63) is 59.7 Å². The Hall–Kier alpha value is -2.40. The zero-order valence-corrected chi connectivity index (χ0v) is 14.3. The Morgan fingerprint density at radius 1 is 1.12 bits per heavy atom. The number of nitrogens with zero attached hydrogens (tertiary/aromatic N) is 2. The SMILES string of the molecule is CCOc1ccc(N2C(=O)C3Cc4ccccc4CN3C2=S)cc1. The van der Waals surface area contributed by atoms with Crippen molar-refractivity contribution >= 4 is 28.9 Å². The second-order valence-electron chi connectivity index (χ2n) is 6.00. The fraction of sp³-hybridized carbons (Fsp3) is 0.263. The summed E-state index contributed by atoms with van der Waals surface area (Å²) in [7, 11) is 0. The van der Waals surface area contributed by atoms with Crippen LogP contribution in [0.3, 0.4) is 0 Å². The standard InChI is InChI=1S/C19H18N2O2S/c1-2-23-16-9-7-15(8-10-16)21-18(22)17-11-13-5-3-4-6-14(13)12-20(17)19(21)24/h3-10,17H,2,11-12H2,1H3. The number of ether oxygens (including phenoxy) is 1. The van der Waals surface area contributed by atoms with Gasteiger partial charge >= 0.3 is 0 Å². The van der Waals surface area contributed by atoms with Crippen molar-refractivity contribution < 1.29 is 9.53 Å². The van der Waals surface area contributed by atoms with Crippen LogP contribution < -0.4 is 9.64 Å². The van der Waals surface area contributed by atoms with E-state index in [2.05, 4.69) is 12.1 Å². The maximum Gasteiger partial charge on any atom is 0.256 e. The number of benzene rings is 2. The van der Waals surface area contributed by atoms with Crippen molar-refractivity contribution in [1.82, 2.24) is 4.90 Å². The van der Waals surface area contributed by atoms with E-state index in [9.17, 15) is 4.79 Å². The molecule has 0 bridgehead atoms. The molecule has 0 aromatic heterocycles. The first-order valence-electron chi connectivity index (χ1n) is 8.13. The third kappa shape index (κ3) is 2.36. The molecule has 4 rings (SSSR count). The summed E-state index contributed by atoms with van der Waals surface area (Å²) in [5.41, 5.74) is 3.28. The summed E-state index contributed by atoms with van der Waals surface area (Å²) < 4.78 is 5.47. The van der Waals surface area contributed by atoms with Crippen molar-refractivity contribution in [1.29, 1.82) is 0 Å². The third-order valence-electron chi connectivity index (χ3n) is 4.60. The molecule has 0 saturated carbocycles. The minimum atomic E-state index is -0.195. The highest BCUT2D eigenvalue weighted by molar-refractivity contribution is 7.80. The second-order valence-corrected chi connectivity index (χ2v) is 6.36. The van der Waals surface area contributed by atoms with E-state index in [0.717, 1.165) is 11.4 Å². The van der Waals surface area contributed by atoms with Gasteiger partial charge in [0.15, 0.2) is 5.11 Å². The van der Waals surface area contributed by atoms with Crippen LogP contribution in [-0.4, -0.2) is 28.6 Å². The van der Waals surface area contributed by atoms with Gasteiger partial charge in [-0.05, 0) is 54.5 Å². The molecule has 2 aromatic carbocycles. The Bertz CT molecular complexity index is 760. The van der Waals surface area contributed by atoms with Crippen LogP contribution in [0.5, 0.6) is 5.75 Å². The molecule has 2 heterocycles. The lowest BCUT2D eigenvalue weighted by atomic mass is 9.95. The van der Waals surface area contributed by atoms with Crippen LogP contribution in [-0.2, 0) is 17.8 Å². The van der Waals surface area contributed by atoms with Gasteiger partial charge in [0.25, 0.3) is 5.91 Å². The Morgan fingerprint density at radius 2 is 1.83 bits per heavy atom. The number of amides is 1. The van der Waals surface area contributed by atoms with E-state index in [-0.39, 0.29) is 11.9 Å². The molecule has 0 aliphatic carbocycles. The molecular weight excluding hydrogens is 320 g/mol. The summed E-state index contributed by atoms with van der Waals surface area (Å²) in [6.07, 6.45) is 0.711. The van der Waals surface area contributed by atoms with Gasteiger partial charge in [0.2, 0.25) is 0 Å². The lowest BCUT2D eigenvalue weighted by Crippen LogP contribution is -2.39. The highest BCUT2D eigenvalue weighted by Crippen LogP contribution is 2.33. The molecule has 4 nitrogen and oxygen atoms in total. The first-order valence-corrected chi connectivity index (χ1v) is 8.54. The number of carbonyl (C=O) groups excluding carboxylic acids is 1. The molecule has 0 radical (unpaired) electrons. The van der Waals surface area contributed by atoms with Crippen LogP contribution in [0.1, 0.15) is 18.1 Å². The van der Waals surface area contributed by atoms with Crippen LogP contribution in [0.15, 0.2) is 48.5 Å². The smallest absolute Gasteiger partial charge is 0.256 e. The van der Waals surface area contributed by atoms with Crippen molar-refractivity contribution in [2.24, 2.45) is 0 Å². The normalized spacial score (nSPS) is 19.3. The molecule has 0 spiro atoms. The fourth-order valence-corrected chi connectivity index (χ4v) is 3.80. The molecule has 1 atom stereocenters. The lowest BCUT2D eigenvalue weighted by molar-refractivity contribution is -0.119. The Balaban J connectivity index is 1.63. The predicted octanol–water partition coefficient (Wildman–Crippen LogP) is 3.14. The van der Waals surface area contributed by atoms with Crippen LogP contribution >= 0.6 is 12.2 Å². The Morgan fingerprint density at radius 3 is 2.54 bits per heavy atom. The largest absolute Gasteiger partial charge is 0.494 e. The second kappa shape index (κ2) is 5.91. The molecular formula is C19H18N2O2S. The highest BCUT2D eigenvalue weighted by Gasteiger charge is 2.45. The van der Waals surface area contributed by atoms with Crippen LogP contribution in [0.25, 0.3) is 0 Å². The van der Waals surface area contributed by atoms with Crippen molar-refractivity contribution in [3.63, 3.8) is 0 Å². The number of anilines is 1. The van der Waals surface area contributed by atoms with E-state index in [1.54, 1.807) is 4.90 Å². The first-order chi connectivity index (χ1) is 11.7. The molecule has 1 unspecified atom stereocenters. The molecule has 1 fully saturated rings. The first kappa shape index (κ1) is 15.1. The number of carbonyl (C=O) groups is 1. The van der Waals surface area contributed by atoms with Crippen molar-refractivity contribution in [2.45, 2.75) is 25.9 Å². The van der Waals surface area contributed by atoms with Gasteiger partial charge in [0, 0.05) is 13.0 Å². The van der Waals surface area contributed by atoms with Gasteiger partial charge in [-0.3, -0.25) is 9.69 Å². The highest BCUT2D eigenvalue weighted by atomic mass is 32.1. The molecule has 2 aliphatic rings. The van der Waals surface area contributed by atoms with Gasteiger partial charge in [-0.25, -0.2) is 0 Å². The van der Waals surface area contributed by atoms with E-state index >= 15 is 0 Å². The Labute approximate surface area is 146 Å². The summed E-state index contributed by atoms with van der Waals surface area (Å²) in [6, 6.07) is 15.6. The Kier molecular flexibility index (Phi) is 3.73. The van der Waals surface area contributed by atoms with Crippen molar-refractivity contribution in [2.75, 3.05) is 11.5 Å². The molecule has 1 amide bonds. The molecule has 0 N–H and O–H groups in total. The van der Waals surface area contributed by atoms with E-state index in [1.165, 1.54) is 11.1 Å². The van der Waals surface area contributed by atoms with Gasteiger partial charge in [0.05, 0.1) is 12.3 Å². The summed E-state index contributed by atoms with van der Waals surface area (Å²) in [5, 5.41) is 0.587. The van der Waals surface area contributed by atoms with E-state index in [0.29, 0.717) is 24.7 Å². The quantitative estimate of drug-likeness (QED) is 0.805. The number of fused-ring (bicyclic) bond motifs is 2. The number of rotatable bonds is 3. The zero-order valence-electron chi connectivity index (χ0n) is 13.4. The molecule has 2 aromatic rings. The molecule has 1 saturated heterocycles. The molecule has 5 heteroatoms. The van der Waals surface area contributed by atoms with E-state index in [1.807, 2.05) is 48.2 Å². The lowest BCUT2D eigenvalue weighted by Gasteiger charge is -2.30. The van der Waals surface area contributed by atoms with Crippen LogP contribution in [0.4, 0.5) is 5.69 Å². The predicted molar refractivity (Wildman–Crippen MR) is 97.2 cm³/mol. The summed E-state index contributed by atoms with van der Waals surface area (Å²) in [4.78, 5) is 16.6. The van der Waals surface area contributed by atoms with Gasteiger partial charge in [-0.15, -0.1) is 0 Å². The van der Waals surface area contributed by atoms with Gasteiger partial charge in [0.1, 0.15) is 11.8 Å². The average Bonchev–Trinajstić information content (AvgIpc) is 2.85. The summed E-state index contributed by atoms with van der Waals surface area (Å²) in [6.45, 7) is 3.26. The third-order valence-corrected chi connectivity index (χ3v) is 5.01. The van der Waals surface area contributed by atoms with Crippen LogP contribution in [0.2, 0.25) is 0 Å². The van der Waals surface area contributed by atoms with E-state index < -0.39 is 0 Å². The molecule has 122 valence electrons. The minimum Gasteiger partial charge on any atom is -0.494 e. The summed E-state index contributed by atoms with van der Waals surface area (Å²) in [5.74, 6) is 0.850. The zero-order chi connectivity index (χ0) is 16.7. The van der Waals surface area contributed by atoms with Crippen molar-refractivity contribution in [3.8, 4) is 5.75 Å². The maximum absolute atomic E-state index is 12.9. The monoisotopic (exact) mass is 338 g/mol. The molecule has 24 heavy (non-hydrogen) atoms. The molecule has 2 aliphatic heterocycles. The number of hydrogen-bond donors (Lipinski definition) is 0. The maximum atomic E-state index is 12.9. The minimum absolute atomic E-state index is 0.0543. The average molecular weight is 338 g/mol.